The number of nitrogens with two attached hydrogens (primary N) is 1. The largest absolute Gasteiger partial charge is 0.369 e. The predicted octanol–water partition coefficient (Wildman–Crippen LogP) is 3.86. The van der Waals surface area contributed by atoms with Gasteiger partial charge in [-0.15, -0.1) is 0 Å². The van der Waals surface area contributed by atoms with Crippen molar-refractivity contribution in [1.82, 2.24) is 0 Å². The van der Waals surface area contributed by atoms with Gasteiger partial charge in [0.15, 0.2) is 0 Å². The number of benzene rings is 1. The molecule has 0 amide bonds. The lowest BCUT2D eigenvalue weighted by atomic mass is 10.1. The van der Waals surface area contributed by atoms with Crippen molar-refractivity contribution in [1.29, 1.82) is 0 Å². The summed E-state index contributed by atoms with van der Waals surface area (Å²) in [6, 6.07) is 7.22. The lowest BCUT2D eigenvalue weighted by Gasteiger charge is -2.32. The normalized spacial score (nSPS) is 12.5. The SMILES string of the molecule is CCCCN(c1ccc(C)cc1CN)C(C)CC. The van der Waals surface area contributed by atoms with Crippen molar-refractivity contribution in [2.24, 2.45) is 5.73 Å². The first kappa shape index (κ1) is 15.0. The molecule has 2 nitrogen and oxygen atoms in total. The maximum atomic E-state index is 5.90. The second kappa shape index (κ2) is 7.42. The van der Waals surface area contributed by atoms with E-state index >= 15 is 0 Å². The van der Waals surface area contributed by atoms with Gasteiger partial charge in [-0.05, 0) is 38.3 Å². The molecule has 2 heteroatoms. The molecule has 1 atom stereocenters. The summed E-state index contributed by atoms with van der Waals surface area (Å²) in [5, 5.41) is 0. The zero-order valence-corrected chi connectivity index (χ0v) is 12.4. The zero-order chi connectivity index (χ0) is 13.5. The molecule has 0 aliphatic rings. The van der Waals surface area contributed by atoms with Crippen LogP contribution >= 0.6 is 0 Å². The average Bonchev–Trinajstić information content (AvgIpc) is 2.39. The minimum Gasteiger partial charge on any atom is -0.369 e. The molecule has 1 aromatic carbocycles. The summed E-state index contributed by atoms with van der Waals surface area (Å²) in [5.41, 5.74) is 9.79. The summed E-state index contributed by atoms with van der Waals surface area (Å²) in [7, 11) is 0. The highest BCUT2D eigenvalue weighted by molar-refractivity contribution is 5.55. The summed E-state index contributed by atoms with van der Waals surface area (Å²) in [5.74, 6) is 0. The van der Waals surface area contributed by atoms with Gasteiger partial charge in [0.1, 0.15) is 0 Å². The fourth-order valence-corrected chi connectivity index (χ4v) is 2.29. The fourth-order valence-electron chi connectivity index (χ4n) is 2.29. The van der Waals surface area contributed by atoms with Crippen LogP contribution in [0.3, 0.4) is 0 Å². The Balaban J connectivity index is 3.03. The van der Waals surface area contributed by atoms with E-state index in [1.807, 2.05) is 0 Å². The molecule has 102 valence electrons. The lowest BCUT2D eigenvalue weighted by Crippen LogP contribution is -2.34. The molecule has 0 aliphatic heterocycles. The summed E-state index contributed by atoms with van der Waals surface area (Å²) < 4.78 is 0. The predicted molar refractivity (Wildman–Crippen MR) is 81.1 cm³/mol. The molecule has 0 aromatic heterocycles. The minimum absolute atomic E-state index is 0.574. The second-order valence-electron chi connectivity index (χ2n) is 5.14. The number of hydrogen-bond acceptors (Lipinski definition) is 2. The van der Waals surface area contributed by atoms with Gasteiger partial charge in [0.2, 0.25) is 0 Å². The fraction of sp³-hybridized carbons (Fsp3) is 0.625. The molecule has 0 aliphatic carbocycles. The van der Waals surface area contributed by atoms with Crippen LogP contribution in [0.1, 0.15) is 51.2 Å². The molecule has 2 N–H and O–H groups in total. The van der Waals surface area contributed by atoms with Crippen LogP contribution in [0.5, 0.6) is 0 Å². The molecule has 0 radical (unpaired) electrons. The molecular formula is C16H28N2. The van der Waals surface area contributed by atoms with Gasteiger partial charge < -0.3 is 10.6 Å². The van der Waals surface area contributed by atoms with Crippen LogP contribution in [-0.4, -0.2) is 12.6 Å². The molecule has 1 aromatic rings. The van der Waals surface area contributed by atoms with Gasteiger partial charge in [-0.25, -0.2) is 0 Å². The standard InChI is InChI=1S/C16H28N2/c1-5-7-10-18(14(4)6-2)16-9-8-13(3)11-15(16)12-17/h8-9,11,14H,5-7,10,12,17H2,1-4H3. The monoisotopic (exact) mass is 248 g/mol. The molecule has 18 heavy (non-hydrogen) atoms. The van der Waals surface area contributed by atoms with Crippen LogP contribution in [0.25, 0.3) is 0 Å². The van der Waals surface area contributed by atoms with E-state index in [9.17, 15) is 0 Å². The molecule has 0 fully saturated rings. The Morgan fingerprint density at radius 1 is 1.28 bits per heavy atom. The minimum atomic E-state index is 0.574. The number of anilines is 1. The van der Waals surface area contributed by atoms with Gasteiger partial charge >= 0.3 is 0 Å². The van der Waals surface area contributed by atoms with E-state index in [4.69, 9.17) is 5.73 Å². The van der Waals surface area contributed by atoms with Crippen molar-refractivity contribution in [2.75, 3.05) is 11.4 Å². The van der Waals surface area contributed by atoms with Crippen LogP contribution in [0.4, 0.5) is 5.69 Å². The van der Waals surface area contributed by atoms with Crippen molar-refractivity contribution in [2.45, 2.75) is 59.5 Å². The highest BCUT2D eigenvalue weighted by atomic mass is 15.2. The molecule has 1 rings (SSSR count). The van der Waals surface area contributed by atoms with Gasteiger partial charge in [-0.3, -0.25) is 0 Å². The van der Waals surface area contributed by atoms with Gasteiger partial charge in [0.25, 0.3) is 0 Å². The quantitative estimate of drug-likeness (QED) is 0.794. The van der Waals surface area contributed by atoms with Crippen molar-refractivity contribution in [3.8, 4) is 0 Å². The van der Waals surface area contributed by atoms with Gasteiger partial charge in [-0.1, -0.05) is 38.0 Å². The maximum absolute atomic E-state index is 5.90. The molecule has 0 saturated carbocycles. The highest BCUT2D eigenvalue weighted by Gasteiger charge is 2.15. The molecule has 1 unspecified atom stereocenters. The molecule has 0 bridgehead atoms. The number of unbranched alkanes of at least 4 members (excludes halogenated alkanes) is 1. The summed E-state index contributed by atoms with van der Waals surface area (Å²) >= 11 is 0. The Hall–Kier alpha value is -1.02. The Morgan fingerprint density at radius 3 is 2.56 bits per heavy atom. The molecule has 0 spiro atoms. The van der Waals surface area contributed by atoms with E-state index in [1.54, 1.807) is 0 Å². The lowest BCUT2D eigenvalue weighted by molar-refractivity contribution is 0.593. The molecular weight excluding hydrogens is 220 g/mol. The Bertz CT molecular complexity index is 360. The molecule has 0 saturated heterocycles. The number of hydrogen-bond donors (Lipinski definition) is 1. The number of aryl methyl sites for hydroxylation is 1. The first-order valence-electron chi connectivity index (χ1n) is 7.20. The number of rotatable bonds is 7. The summed E-state index contributed by atoms with van der Waals surface area (Å²) in [6.07, 6.45) is 3.64. The first-order valence-corrected chi connectivity index (χ1v) is 7.20. The van der Waals surface area contributed by atoms with Crippen molar-refractivity contribution >= 4 is 5.69 Å². The van der Waals surface area contributed by atoms with Crippen LogP contribution in [0, 0.1) is 6.92 Å². The van der Waals surface area contributed by atoms with E-state index in [2.05, 4.69) is 50.8 Å². The summed E-state index contributed by atoms with van der Waals surface area (Å²) in [6.45, 7) is 10.7. The van der Waals surface area contributed by atoms with E-state index in [0.29, 0.717) is 12.6 Å². The zero-order valence-electron chi connectivity index (χ0n) is 12.4. The smallest absolute Gasteiger partial charge is 0.0414 e. The van der Waals surface area contributed by atoms with Crippen LogP contribution in [-0.2, 0) is 6.54 Å². The summed E-state index contributed by atoms with van der Waals surface area (Å²) in [4.78, 5) is 2.52. The average molecular weight is 248 g/mol. The van der Waals surface area contributed by atoms with Gasteiger partial charge in [0.05, 0.1) is 0 Å². The number of nitrogens with zero attached hydrogens (tertiary/aromatic N) is 1. The van der Waals surface area contributed by atoms with Crippen molar-refractivity contribution < 1.29 is 0 Å². The third-order valence-corrected chi connectivity index (χ3v) is 3.64. The topological polar surface area (TPSA) is 29.3 Å². The van der Waals surface area contributed by atoms with Crippen LogP contribution in [0.15, 0.2) is 18.2 Å². The van der Waals surface area contributed by atoms with Crippen molar-refractivity contribution in [3.63, 3.8) is 0 Å². The van der Waals surface area contributed by atoms with E-state index in [0.717, 1.165) is 6.54 Å². The Kier molecular flexibility index (Phi) is 6.20. The Labute approximate surface area is 112 Å². The van der Waals surface area contributed by atoms with Crippen molar-refractivity contribution in [3.05, 3.63) is 29.3 Å². The van der Waals surface area contributed by atoms with Gasteiger partial charge in [0, 0.05) is 24.8 Å². The maximum Gasteiger partial charge on any atom is 0.0414 e. The highest BCUT2D eigenvalue weighted by Crippen LogP contribution is 2.25. The molecule has 0 heterocycles. The van der Waals surface area contributed by atoms with E-state index in [-0.39, 0.29) is 0 Å². The third kappa shape index (κ3) is 3.74. The second-order valence-corrected chi connectivity index (χ2v) is 5.14. The van der Waals surface area contributed by atoms with E-state index < -0.39 is 0 Å². The van der Waals surface area contributed by atoms with Crippen LogP contribution < -0.4 is 10.6 Å². The van der Waals surface area contributed by atoms with Crippen LogP contribution in [0.2, 0.25) is 0 Å². The van der Waals surface area contributed by atoms with E-state index in [1.165, 1.54) is 36.1 Å². The first-order chi connectivity index (χ1) is 8.63. The van der Waals surface area contributed by atoms with Gasteiger partial charge in [-0.2, -0.15) is 0 Å². The third-order valence-electron chi connectivity index (χ3n) is 3.64. The Morgan fingerprint density at radius 2 is 2.00 bits per heavy atom.